The van der Waals surface area contributed by atoms with Crippen LogP contribution in [0.15, 0.2) is 0 Å². The minimum absolute atomic E-state index is 0.448. The minimum atomic E-state index is 0.448. The van der Waals surface area contributed by atoms with Crippen LogP contribution in [0.2, 0.25) is 0 Å². The second-order valence-electron chi connectivity index (χ2n) is 4.39. The van der Waals surface area contributed by atoms with Gasteiger partial charge in [0.1, 0.15) is 11.6 Å². The number of ether oxygens (including phenoxy) is 1. The Morgan fingerprint density at radius 1 is 1.53 bits per heavy atom. The topological polar surface area (TPSA) is 64.3 Å². The molecule has 0 aliphatic carbocycles. The van der Waals surface area contributed by atoms with E-state index in [-0.39, 0.29) is 0 Å². The maximum Gasteiger partial charge on any atom is 0.234 e. The number of hydrogen-bond donors (Lipinski definition) is 1. The van der Waals surface area contributed by atoms with E-state index in [1.54, 1.807) is 23.0 Å². The Kier molecular flexibility index (Phi) is 2.81. The summed E-state index contributed by atoms with van der Waals surface area (Å²) in [6, 6.07) is 0. The molecule has 1 unspecified atom stereocenters. The molecule has 6 nitrogen and oxygen atoms in total. The summed E-state index contributed by atoms with van der Waals surface area (Å²) in [7, 11) is 1.65. The fraction of sp³-hybridized carbons (Fsp3) is 0.700. The Labute approximate surface area is 103 Å². The Bertz CT molecular complexity index is 518. The van der Waals surface area contributed by atoms with Crippen LogP contribution >= 0.6 is 11.3 Å². The molecule has 0 saturated carbocycles. The summed E-state index contributed by atoms with van der Waals surface area (Å²) in [5, 5.41) is 17.2. The molecular formula is C10H15N5OS. The van der Waals surface area contributed by atoms with Gasteiger partial charge in [-0.1, -0.05) is 18.3 Å². The van der Waals surface area contributed by atoms with Crippen molar-refractivity contribution in [2.45, 2.75) is 19.4 Å². The molecule has 0 amide bonds. The van der Waals surface area contributed by atoms with E-state index >= 15 is 0 Å². The van der Waals surface area contributed by atoms with Crippen molar-refractivity contribution in [3.05, 3.63) is 10.8 Å². The maximum atomic E-state index is 5.08. The lowest BCUT2D eigenvalue weighted by molar-refractivity contribution is 0.176. The zero-order valence-corrected chi connectivity index (χ0v) is 10.7. The number of fused-ring (bicyclic) bond motifs is 1. The van der Waals surface area contributed by atoms with Crippen LogP contribution in [0.25, 0.3) is 4.96 Å². The van der Waals surface area contributed by atoms with Crippen LogP contribution in [-0.2, 0) is 11.3 Å². The average Bonchev–Trinajstić information content (AvgIpc) is 2.77. The van der Waals surface area contributed by atoms with Crippen molar-refractivity contribution < 1.29 is 4.74 Å². The number of methoxy groups -OCH3 is 1. The quantitative estimate of drug-likeness (QED) is 0.867. The molecule has 1 aliphatic rings. The molecule has 3 heterocycles. The first-order valence-corrected chi connectivity index (χ1v) is 6.52. The second-order valence-corrected chi connectivity index (χ2v) is 5.38. The van der Waals surface area contributed by atoms with E-state index in [0.29, 0.717) is 18.4 Å². The van der Waals surface area contributed by atoms with E-state index in [9.17, 15) is 0 Å². The summed E-state index contributed by atoms with van der Waals surface area (Å²) in [5.74, 6) is 1.95. The molecule has 1 aliphatic heterocycles. The molecule has 1 fully saturated rings. The van der Waals surface area contributed by atoms with Crippen molar-refractivity contribution in [1.82, 2.24) is 25.1 Å². The zero-order valence-electron chi connectivity index (χ0n) is 9.88. The van der Waals surface area contributed by atoms with E-state index < -0.39 is 0 Å². The van der Waals surface area contributed by atoms with Crippen LogP contribution in [0.5, 0.6) is 0 Å². The van der Waals surface area contributed by atoms with Gasteiger partial charge in [-0.25, -0.2) is 0 Å². The van der Waals surface area contributed by atoms with Crippen LogP contribution in [0.3, 0.4) is 0 Å². The first-order valence-electron chi connectivity index (χ1n) is 5.70. The number of nitrogens with one attached hydrogen (secondary N) is 1. The molecule has 1 N–H and O–H groups in total. The predicted molar refractivity (Wildman–Crippen MR) is 64.1 cm³/mol. The second kappa shape index (κ2) is 4.32. The van der Waals surface area contributed by atoms with E-state index in [4.69, 9.17) is 4.74 Å². The van der Waals surface area contributed by atoms with Crippen molar-refractivity contribution in [3.63, 3.8) is 0 Å². The smallest absolute Gasteiger partial charge is 0.234 e. The fourth-order valence-corrected chi connectivity index (χ4v) is 2.94. The van der Waals surface area contributed by atoms with E-state index in [0.717, 1.165) is 28.9 Å². The van der Waals surface area contributed by atoms with Crippen molar-refractivity contribution >= 4 is 16.3 Å². The highest BCUT2D eigenvalue weighted by molar-refractivity contribution is 7.16. The lowest BCUT2D eigenvalue weighted by Gasteiger charge is -2.31. The summed E-state index contributed by atoms with van der Waals surface area (Å²) in [6.07, 6.45) is 0. The molecule has 1 saturated heterocycles. The lowest BCUT2D eigenvalue weighted by atomic mass is 9.90. The molecule has 0 spiro atoms. The summed E-state index contributed by atoms with van der Waals surface area (Å²) < 4.78 is 6.87. The molecule has 2 aromatic heterocycles. The van der Waals surface area contributed by atoms with Gasteiger partial charge in [-0.05, 0) is 19.0 Å². The summed E-state index contributed by atoms with van der Waals surface area (Å²) in [6.45, 7) is 4.86. The van der Waals surface area contributed by atoms with Crippen molar-refractivity contribution in [3.8, 4) is 0 Å². The summed E-state index contributed by atoms with van der Waals surface area (Å²) >= 11 is 1.62. The molecule has 2 aromatic rings. The molecule has 7 heteroatoms. The normalized spacial score (nSPS) is 18.5. The number of aromatic nitrogens is 4. The van der Waals surface area contributed by atoms with Gasteiger partial charge in [0.2, 0.25) is 4.96 Å². The highest BCUT2D eigenvalue weighted by Crippen LogP contribution is 2.30. The number of rotatable bonds is 4. The van der Waals surface area contributed by atoms with E-state index in [2.05, 4.69) is 27.5 Å². The predicted octanol–water partition coefficient (Wildman–Crippen LogP) is 0.655. The summed E-state index contributed by atoms with van der Waals surface area (Å²) in [5.41, 5.74) is 0. The molecule has 1 atom stereocenters. The van der Waals surface area contributed by atoms with Gasteiger partial charge >= 0.3 is 0 Å². The number of nitrogens with zero attached hydrogens (tertiary/aromatic N) is 4. The van der Waals surface area contributed by atoms with Crippen LogP contribution in [-0.4, -0.2) is 40.0 Å². The Morgan fingerprint density at radius 2 is 2.35 bits per heavy atom. The highest BCUT2D eigenvalue weighted by atomic mass is 32.1. The third-order valence-corrected chi connectivity index (χ3v) is 4.35. The van der Waals surface area contributed by atoms with Crippen LogP contribution < -0.4 is 5.32 Å². The van der Waals surface area contributed by atoms with Crippen LogP contribution in [0.4, 0.5) is 0 Å². The molecule has 92 valence electrons. The van der Waals surface area contributed by atoms with Gasteiger partial charge in [-0.3, -0.25) is 0 Å². The van der Waals surface area contributed by atoms with Crippen molar-refractivity contribution in [2.75, 3.05) is 20.2 Å². The fourth-order valence-electron chi connectivity index (χ4n) is 1.94. The van der Waals surface area contributed by atoms with Crippen LogP contribution in [0, 0.1) is 5.92 Å². The molecule has 0 aromatic carbocycles. The molecule has 3 rings (SSSR count). The van der Waals surface area contributed by atoms with Gasteiger partial charge in [0, 0.05) is 13.0 Å². The molecule has 0 radical (unpaired) electrons. The van der Waals surface area contributed by atoms with E-state index in [1.807, 2.05) is 0 Å². The minimum Gasteiger partial charge on any atom is -0.377 e. The Morgan fingerprint density at radius 3 is 3.00 bits per heavy atom. The largest absolute Gasteiger partial charge is 0.377 e. The van der Waals surface area contributed by atoms with Gasteiger partial charge in [-0.15, -0.1) is 10.2 Å². The molecular weight excluding hydrogens is 238 g/mol. The first-order chi connectivity index (χ1) is 8.29. The molecule has 0 bridgehead atoms. The Hall–Kier alpha value is -1.05. The standard InChI is InChI=1S/C10H15N5OS/c1-6(7-3-11-4-7)9-14-15-8(5-16-2)12-13-10(15)17-9/h6-7,11H,3-5H2,1-2H3. The third kappa shape index (κ3) is 1.84. The lowest BCUT2D eigenvalue weighted by Crippen LogP contribution is -2.44. The highest BCUT2D eigenvalue weighted by Gasteiger charge is 2.27. The van der Waals surface area contributed by atoms with Crippen molar-refractivity contribution in [1.29, 1.82) is 0 Å². The Balaban J connectivity index is 1.90. The van der Waals surface area contributed by atoms with Gasteiger partial charge in [0.25, 0.3) is 0 Å². The van der Waals surface area contributed by atoms with Gasteiger partial charge in [-0.2, -0.15) is 9.61 Å². The van der Waals surface area contributed by atoms with Crippen molar-refractivity contribution in [2.24, 2.45) is 5.92 Å². The van der Waals surface area contributed by atoms with E-state index in [1.165, 1.54) is 0 Å². The van der Waals surface area contributed by atoms with Crippen LogP contribution in [0.1, 0.15) is 23.7 Å². The van der Waals surface area contributed by atoms with Gasteiger partial charge < -0.3 is 10.1 Å². The SMILES string of the molecule is COCc1nnc2sc(C(C)C3CNC3)nn12. The van der Waals surface area contributed by atoms with Gasteiger partial charge in [0.15, 0.2) is 5.82 Å². The summed E-state index contributed by atoms with van der Waals surface area (Å²) in [4.78, 5) is 0.853. The monoisotopic (exact) mass is 253 g/mol. The zero-order chi connectivity index (χ0) is 11.8. The molecule has 17 heavy (non-hydrogen) atoms. The van der Waals surface area contributed by atoms with Gasteiger partial charge in [0.05, 0.1) is 0 Å². The average molecular weight is 253 g/mol. The number of hydrogen-bond acceptors (Lipinski definition) is 6. The third-order valence-electron chi connectivity index (χ3n) is 3.25. The first kappa shape index (κ1) is 11.1. The maximum absolute atomic E-state index is 5.08.